The molecule has 0 spiro atoms. The molecule has 1 aromatic carbocycles. The van der Waals surface area contributed by atoms with Crippen LogP contribution in [0, 0.1) is 19.7 Å². The van der Waals surface area contributed by atoms with Crippen LogP contribution in [0.25, 0.3) is 0 Å². The molecule has 1 amide bonds. The number of benzene rings is 1. The highest BCUT2D eigenvalue weighted by Crippen LogP contribution is 2.20. The Hall–Kier alpha value is -1.73. The first-order chi connectivity index (χ1) is 12.4. The number of hydrogen-bond donors (Lipinski definition) is 0. The number of aryl methyl sites for hydroxylation is 2. The summed E-state index contributed by atoms with van der Waals surface area (Å²) < 4.78 is 15.9. The van der Waals surface area contributed by atoms with Crippen LogP contribution in [0.3, 0.4) is 0 Å². The van der Waals surface area contributed by atoms with Crippen LogP contribution < -0.4 is 0 Å². The van der Waals surface area contributed by atoms with E-state index >= 15 is 0 Å². The van der Waals surface area contributed by atoms with Crippen LogP contribution in [-0.4, -0.2) is 51.7 Å². The van der Waals surface area contributed by atoms with Gasteiger partial charge in [0.2, 0.25) is 5.91 Å². The van der Waals surface area contributed by atoms with Gasteiger partial charge in [-0.05, 0) is 47.5 Å². The minimum absolute atomic E-state index is 0.176. The van der Waals surface area contributed by atoms with Crippen molar-refractivity contribution in [2.75, 3.05) is 26.2 Å². The molecule has 0 bridgehead atoms. The van der Waals surface area contributed by atoms with Crippen molar-refractivity contribution >= 4 is 21.8 Å². The van der Waals surface area contributed by atoms with Gasteiger partial charge in [0.05, 0.1) is 16.7 Å². The van der Waals surface area contributed by atoms with Crippen molar-refractivity contribution < 1.29 is 9.18 Å². The molecule has 0 atom stereocenters. The summed E-state index contributed by atoms with van der Waals surface area (Å²) in [6, 6.07) is 6.62. The smallest absolute Gasteiger partial charge is 0.224 e. The van der Waals surface area contributed by atoms with Gasteiger partial charge in [0.15, 0.2) is 0 Å². The van der Waals surface area contributed by atoms with Gasteiger partial charge in [-0.15, -0.1) is 0 Å². The molecule has 3 rings (SSSR count). The van der Waals surface area contributed by atoms with Gasteiger partial charge in [-0.2, -0.15) is 5.10 Å². The van der Waals surface area contributed by atoms with Crippen molar-refractivity contribution in [3.8, 4) is 0 Å². The van der Waals surface area contributed by atoms with E-state index in [2.05, 4.69) is 25.9 Å². The van der Waals surface area contributed by atoms with Crippen LogP contribution in [0.1, 0.15) is 23.4 Å². The standard InChI is InChI=1S/C19H24BrFN4O/c1-14-19(20)15(2)25(22-14)8-7-18(26)24-11-9-23(10-12-24)13-16-3-5-17(21)6-4-16/h3-6H,7-13H2,1-2H3. The summed E-state index contributed by atoms with van der Waals surface area (Å²) in [5.74, 6) is -0.0334. The maximum atomic E-state index is 13.0. The predicted octanol–water partition coefficient (Wildman–Crippen LogP) is 3.14. The minimum atomic E-state index is -0.209. The summed E-state index contributed by atoms with van der Waals surface area (Å²) in [6.45, 7) is 8.51. The van der Waals surface area contributed by atoms with Crippen molar-refractivity contribution in [1.82, 2.24) is 19.6 Å². The van der Waals surface area contributed by atoms with Crippen LogP contribution in [0.5, 0.6) is 0 Å². The molecule has 0 saturated carbocycles. The Kier molecular flexibility index (Phi) is 6.09. The van der Waals surface area contributed by atoms with Crippen molar-refractivity contribution in [3.63, 3.8) is 0 Å². The number of nitrogens with zero attached hydrogens (tertiary/aromatic N) is 4. The molecule has 1 saturated heterocycles. The molecule has 1 fully saturated rings. The molecule has 2 heterocycles. The van der Waals surface area contributed by atoms with Crippen molar-refractivity contribution in [2.45, 2.75) is 33.4 Å². The first-order valence-electron chi connectivity index (χ1n) is 8.88. The summed E-state index contributed by atoms with van der Waals surface area (Å²) in [4.78, 5) is 16.7. The van der Waals surface area contributed by atoms with E-state index in [0.29, 0.717) is 13.0 Å². The van der Waals surface area contributed by atoms with E-state index in [1.165, 1.54) is 12.1 Å². The Balaban J connectivity index is 1.46. The highest BCUT2D eigenvalue weighted by molar-refractivity contribution is 9.10. The third-order valence-electron chi connectivity index (χ3n) is 4.88. The molecule has 7 heteroatoms. The number of aromatic nitrogens is 2. The number of piperazine rings is 1. The van der Waals surface area contributed by atoms with Gasteiger partial charge < -0.3 is 4.90 Å². The van der Waals surface area contributed by atoms with E-state index in [9.17, 15) is 9.18 Å². The lowest BCUT2D eigenvalue weighted by Gasteiger charge is -2.34. The van der Waals surface area contributed by atoms with E-state index in [-0.39, 0.29) is 11.7 Å². The van der Waals surface area contributed by atoms with Crippen LogP contribution in [0.4, 0.5) is 4.39 Å². The summed E-state index contributed by atoms with van der Waals surface area (Å²) >= 11 is 3.52. The second kappa shape index (κ2) is 8.31. The Morgan fingerprint density at radius 1 is 1.15 bits per heavy atom. The molecule has 5 nitrogen and oxygen atoms in total. The normalized spacial score (nSPS) is 15.5. The average Bonchev–Trinajstić information content (AvgIpc) is 2.89. The van der Waals surface area contributed by atoms with E-state index in [0.717, 1.165) is 54.1 Å². The molecule has 2 aromatic rings. The first kappa shape index (κ1) is 19.0. The largest absolute Gasteiger partial charge is 0.340 e. The number of carbonyl (C=O) groups is 1. The summed E-state index contributed by atoms with van der Waals surface area (Å²) in [5.41, 5.74) is 3.10. The molecule has 1 aliphatic heterocycles. The third-order valence-corrected chi connectivity index (χ3v) is 6.02. The second-order valence-electron chi connectivity index (χ2n) is 6.74. The molecular weight excluding hydrogens is 399 g/mol. The van der Waals surface area contributed by atoms with Crippen molar-refractivity contribution in [2.24, 2.45) is 0 Å². The molecule has 26 heavy (non-hydrogen) atoms. The lowest BCUT2D eigenvalue weighted by molar-refractivity contribution is -0.133. The van der Waals surface area contributed by atoms with Crippen molar-refractivity contribution in [1.29, 1.82) is 0 Å². The number of halogens is 2. The van der Waals surface area contributed by atoms with E-state index < -0.39 is 0 Å². The maximum absolute atomic E-state index is 13.0. The summed E-state index contributed by atoms with van der Waals surface area (Å²) in [6.07, 6.45) is 0.465. The van der Waals surface area contributed by atoms with Crippen LogP contribution in [0.15, 0.2) is 28.7 Å². The predicted molar refractivity (Wildman–Crippen MR) is 102 cm³/mol. The van der Waals surface area contributed by atoms with Gasteiger partial charge in [-0.25, -0.2) is 4.39 Å². The van der Waals surface area contributed by atoms with Crippen LogP contribution >= 0.6 is 15.9 Å². The Labute approximate surface area is 161 Å². The Morgan fingerprint density at radius 3 is 2.38 bits per heavy atom. The lowest BCUT2D eigenvalue weighted by Crippen LogP contribution is -2.48. The zero-order valence-electron chi connectivity index (χ0n) is 15.2. The van der Waals surface area contributed by atoms with Gasteiger partial charge in [0.25, 0.3) is 0 Å². The Bertz CT molecular complexity index is 767. The monoisotopic (exact) mass is 422 g/mol. The van der Waals surface area contributed by atoms with Gasteiger partial charge >= 0.3 is 0 Å². The highest BCUT2D eigenvalue weighted by Gasteiger charge is 2.21. The average molecular weight is 423 g/mol. The molecule has 0 radical (unpaired) electrons. The minimum Gasteiger partial charge on any atom is -0.340 e. The van der Waals surface area contributed by atoms with Gasteiger partial charge in [-0.3, -0.25) is 14.4 Å². The van der Waals surface area contributed by atoms with Gasteiger partial charge in [-0.1, -0.05) is 12.1 Å². The van der Waals surface area contributed by atoms with Crippen LogP contribution in [-0.2, 0) is 17.9 Å². The zero-order valence-corrected chi connectivity index (χ0v) is 16.8. The van der Waals surface area contributed by atoms with Gasteiger partial charge in [0, 0.05) is 44.8 Å². The number of rotatable bonds is 5. The molecule has 140 valence electrons. The van der Waals surface area contributed by atoms with E-state index in [4.69, 9.17) is 0 Å². The fourth-order valence-corrected chi connectivity index (χ4v) is 3.54. The SMILES string of the molecule is Cc1nn(CCC(=O)N2CCN(Cc3ccc(F)cc3)CC2)c(C)c1Br. The molecule has 1 aliphatic rings. The highest BCUT2D eigenvalue weighted by atomic mass is 79.9. The topological polar surface area (TPSA) is 41.4 Å². The second-order valence-corrected chi connectivity index (χ2v) is 7.53. The first-order valence-corrected chi connectivity index (χ1v) is 9.67. The van der Waals surface area contributed by atoms with E-state index in [1.807, 2.05) is 35.6 Å². The summed E-state index contributed by atoms with van der Waals surface area (Å²) in [7, 11) is 0. The molecular formula is C19H24BrFN4O. The van der Waals surface area contributed by atoms with Crippen LogP contribution in [0.2, 0.25) is 0 Å². The number of carbonyl (C=O) groups excluding carboxylic acids is 1. The zero-order chi connectivity index (χ0) is 18.7. The van der Waals surface area contributed by atoms with E-state index in [1.54, 1.807) is 0 Å². The summed E-state index contributed by atoms with van der Waals surface area (Å²) in [5, 5.41) is 4.46. The fourth-order valence-electron chi connectivity index (χ4n) is 3.26. The molecule has 0 N–H and O–H groups in total. The Morgan fingerprint density at radius 2 is 1.81 bits per heavy atom. The molecule has 0 unspecified atom stereocenters. The van der Waals surface area contributed by atoms with Gasteiger partial charge in [0.1, 0.15) is 5.82 Å². The molecule has 1 aromatic heterocycles. The van der Waals surface area contributed by atoms with Crippen molar-refractivity contribution in [3.05, 3.63) is 51.5 Å². The third kappa shape index (κ3) is 4.51. The maximum Gasteiger partial charge on any atom is 0.224 e. The fraction of sp³-hybridized carbons (Fsp3) is 0.474. The number of amides is 1. The molecule has 0 aliphatic carbocycles. The lowest BCUT2D eigenvalue weighted by atomic mass is 10.2. The number of hydrogen-bond acceptors (Lipinski definition) is 3. The quantitative estimate of drug-likeness (QED) is 0.742.